The summed E-state index contributed by atoms with van der Waals surface area (Å²) in [6.45, 7) is 7.16. The topological polar surface area (TPSA) is 91.0 Å². The molecule has 8 nitrogen and oxygen atoms in total. The maximum atomic E-state index is 12.5. The zero-order valence-corrected chi connectivity index (χ0v) is 15.0. The van der Waals surface area contributed by atoms with Gasteiger partial charge in [-0.2, -0.15) is 4.31 Å². The lowest BCUT2D eigenvalue weighted by Crippen LogP contribution is -2.54. The van der Waals surface area contributed by atoms with Crippen LogP contribution in [-0.4, -0.2) is 67.5 Å². The largest absolute Gasteiger partial charge is 0.364 e. The predicted molar refractivity (Wildman–Crippen MR) is 91.0 cm³/mol. The fourth-order valence-electron chi connectivity index (χ4n) is 2.84. The summed E-state index contributed by atoms with van der Waals surface area (Å²) in [6.07, 6.45) is 2.57. The van der Waals surface area contributed by atoms with E-state index in [1.165, 1.54) is 17.0 Å². The van der Waals surface area contributed by atoms with Gasteiger partial charge in [-0.05, 0) is 19.3 Å². The molecule has 1 saturated carbocycles. The lowest BCUT2D eigenvalue weighted by atomic mass is 10.4. The zero-order chi connectivity index (χ0) is 17.2. The summed E-state index contributed by atoms with van der Waals surface area (Å²) in [5.41, 5.74) is 0.440. The first-order valence-electron chi connectivity index (χ1n) is 8.42. The monoisotopic (exact) mass is 355 g/mol. The minimum atomic E-state index is -3.36. The van der Waals surface area contributed by atoms with Gasteiger partial charge in [-0.3, -0.25) is 4.99 Å². The van der Waals surface area contributed by atoms with E-state index in [2.05, 4.69) is 27.3 Å². The van der Waals surface area contributed by atoms with Crippen molar-refractivity contribution in [3.63, 3.8) is 0 Å². The normalized spacial score (nSPS) is 25.8. The minimum Gasteiger partial charge on any atom is -0.364 e. The third-order valence-electron chi connectivity index (χ3n) is 4.48. The predicted octanol–water partition coefficient (Wildman–Crippen LogP) is 0.496. The molecule has 1 saturated heterocycles. The molecule has 134 valence electrons. The Morgan fingerprint density at radius 2 is 2.12 bits per heavy atom. The summed E-state index contributed by atoms with van der Waals surface area (Å²) in [5.74, 6) is 1.48. The molecule has 2 atom stereocenters. The molecule has 0 bridgehead atoms. The van der Waals surface area contributed by atoms with E-state index < -0.39 is 10.0 Å². The standard InChI is InChI=1S/C15H25N5O3S/c1-3-16-15(17-14-10-12(14)2)19-5-7-20(8-6-19)24(21,22)11-13-4-9-23-18-13/h4,9,12,14H,3,5-8,10-11H2,1-2H3,(H,16,17). The van der Waals surface area contributed by atoms with Crippen molar-refractivity contribution in [2.24, 2.45) is 10.9 Å². The van der Waals surface area contributed by atoms with Crippen LogP contribution in [0.1, 0.15) is 26.0 Å². The average molecular weight is 355 g/mol. The molecule has 24 heavy (non-hydrogen) atoms. The average Bonchev–Trinajstić information content (AvgIpc) is 3.02. The maximum absolute atomic E-state index is 12.5. The molecular weight excluding hydrogens is 330 g/mol. The fraction of sp³-hybridized carbons (Fsp3) is 0.733. The van der Waals surface area contributed by atoms with Crippen LogP contribution < -0.4 is 5.32 Å². The lowest BCUT2D eigenvalue weighted by molar-refractivity contribution is 0.259. The van der Waals surface area contributed by atoms with Crippen molar-refractivity contribution >= 4 is 16.0 Å². The van der Waals surface area contributed by atoms with Gasteiger partial charge in [0.1, 0.15) is 12.0 Å². The molecule has 2 heterocycles. The van der Waals surface area contributed by atoms with Gasteiger partial charge >= 0.3 is 0 Å². The molecule has 1 N–H and O–H groups in total. The number of sulfonamides is 1. The molecule has 3 rings (SSSR count). The number of aliphatic imine (C=N–C) groups is 1. The zero-order valence-electron chi connectivity index (χ0n) is 14.2. The molecule has 0 amide bonds. The van der Waals surface area contributed by atoms with E-state index in [1.807, 2.05) is 6.92 Å². The number of aromatic nitrogens is 1. The highest BCUT2D eigenvalue weighted by molar-refractivity contribution is 7.88. The van der Waals surface area contributed by atoms with Crippen molar-refractivity contribution in [2.45, 2.75) is 32.1 Å². The summed E-state index contributed by atoms with van der Waals surface area (Å²) in [6, 6.07) is 2.09. The highest BCUT2D eigenvalue weighted by Gasteiger charge is 2.35. The van der Waals surface area contributed by atoms with Gasteiger partial charge in [0.05, 0.1) is 5.69 Å². The van der Waals surface area contributed by atoms with E-state index in [0.29, 0.717) is 50.4 Å². The Morgan fingerprint density at radius 3 is 2.67 bits per heavy atom. The first-order valence-corrected chi connectivity index (χ1v) is 10.0. The molecule has 1 aliphatic heterocycles. The summed E-state index contributed by atoms with van der Waals surface area (Å²) in [5, 5.41) is 7.18. The number of hydrogen-bond acceptors (Lipinski definition) is 5. The van der Waals surface area contributed by atoms with Gasteiger partial charge in [0, 0.05) is 44.8 Å². The molecule has 9 heteroatoms. The van der Waals surface area contributed by atoms with Gasteiger partial charge < -0.3 is 14.7 Å². The van der Waals surface area contributed by atoms with Crippen LogP contribution in [0.25, 0.3) is 0 Å². The maximum Gasteiger partial charge on any atom is 0.220 e. The third kappa shape index (κ3) is 4.07. The number of piperazine rings is 1. The van der Waals surface area contributed by atoms with Crippen LogP contribution in [-0.2, 0) is 15.8 Å². The van der Waals surface area contributed by atoms with Gasteiger partial charge in [-0.15, -0.1) is 0 Å². The number of hydrogen-bond donors (Lipinski definition) is 1. The van der Waals surface area contributed by atoms with E-state index in [1.54, 1.807) is 6.07 Å². The Morgan fingerprint density at radius 1 is 1.42 bits per heavy atom. The van der Waals surface area contributed by atoms with Crippen LogP contribution in [0.3, 0.4) is 0 Å². The molecule has 0 aromatic carbocycles. The molecule has 0 spiro atoms. The van der Waals surface area contributed by atoms with Crippen molar-refractivity contribution < 1.29 is 12.9 Å². The number of nitrogens with one attached hydrogen (secondary N) is 1. The van der Waals surface area contributed by atoms with Crippen molar-refractivity contribution in [3.8, 4) is 0 Å². The summed E-state index contributed by atoms with van der Waals surface area (Å²) in [7, 11) is -3.36. The quantitative estimate of drug-likeness (QED) is 0.611. The molecule has 2 aliphatic rings. The Bertz CT molecular complexity index is 665. The Balaban J connectivity index is 1.57. The molecule has 2 fully saturated rings. The highest BCUT2D eigenvalue weighted by atomic mass is 32.2. The van der Waals surface area contributed by atoms with Gasteiger partial charge in [0.2, 0.25) is 10.0 Å². The highest BCUT2D eigenvalue weighted by Crippen LogP contribution is 2.29. The van der Waals surface area contributed by atoms with Crippen LogP contribution in [0.5, 0.6) is 0 Å². The smallest absolute Gasteiger partial charge is 0.220 e. The van der Waals surface area contributed by atoms with Crippen LogP contribution in [0.4, 0.5) is 0 Å². The molecule has 2 unspecified atom stereocenters. The molecular formula is C15H25N5O3S. The van der Waals surface area contributed by atoms with Crippen molar-refractivity contribution in [3.05, 3.63) is 18.0 Å². The number of nitrogens with zero attached hydrogens (tertiary/aromatic N) is 4. The second kappa shape index (κ2) is 7.10. The lowest BCUT2D eigenvalue weighted by Gasteiger charge is -2.36. The van der Waals surface area contributed by atoms with E-state index in [0.717, 1.165) is 5.96 Å². The van der Waals surface area contributed by atoms with Crippen LogP contribution in [0.2, 0.25) is 0 Å². The second-order valence-corrected chi connectivity index (χ2v) is 8.36. The fourth-order valence-corrected chi connectivity index (χ4v) is 4.27. The van der Waals surface area contributed by atoms with Crippen LogP contribution in [0, 0.1) is 5.92 Å². The van der Waals surface area contributed by atoms with Gasteiger partial charge in [0.15, 0.2) is 5.96 Å². The summed E-state index contributed by atoms with van der Waals surface area (Å²) < 4.78 is 31.2. The molecule has 0 radical (unpaired) electrons. The van der Waals surface area contributed by atoms with E-state index in [-0.39, 0.29) is 5.75 Å². The third-order valence-corrected chi connectivity index (χ3v) is 6.30. The summed E-state index contributed by atoms with van der Waals surface area (Å²) >= 11 is 0. The first kappa shape index (κ1) is 17.2. The van der Waals surface area contributed by atoms with Crippen molar-refractivity contribution in [1.82, 2.24) is 19.7 Å². The van der Waals surface area contributed by atoms with E-state index in [4.69, 9.17) is 4.52 Å². The van der Waals surface area contributed by atoms with E-state index in [9.17, 15) is 8.42 Å². The van der Waals surface area contributed by atoms with Crippen LogP contribution in [0.15, 0.2) is 21.8 Å². The van der Waals surface area contributed by atoms with Gasteiger partial charge in [0.25, 0.3) is 0 Å². The SMILES string of the molecule is CCN=C(NC1CC1C)N1CCN(S(=O)(=O)Cc2ccon2)CC1. The van der Waals surface area contributed by atoms with Crippen molar-refractivity contribution in [2.75, 3.05) is 32.7 Å². The summed E-state index contributed by atoms with van der Waals surface area (Å²) in [4.78, 5) is 6.70. The van der Waals surface area contributed by atoms with Gasteiger partial charge in [-0.25, -0.2) is 8.42 Å². The molecule has 1 aliphatic carbocycles. The van der Waals surface area contributed by atoms with Gasteiger partial charge in [-0.1, -0.05) is 12.1 Å². The minimum absolute atomic E-state index is 0.114. The number of guanidine groups is 1. The van der Waals surface area contributed by atoms with Crippen molar-refractivity contribution in [1.29, 1.82) is 0 Å². The van der Waals surface area contributed by atoms with Crippen LogP contribution >= 0.6 is 0 Å². The Kier molecular flexibility index (Phi) is 5.09. The second-order valence-electron chi connectivity index (χ2n) is 6.39. The number of rotatable bonds is 5. The molecule has 1 aromatic heterocycles. The Hall–Kier alpha value is -1.61. The van der Waals surface area contributed by atoms with E-state index >= 15 is 0 Å². The Labute approximate surface area is 142 Å². The first-order chi connectivity index (χ1) is 11.5. The molecule has 1 aromatic rings.